The molecule has 3 rings (SSSR count). The molecule has 29 heavy (non-hydrogen) atoms. The molecule has 0 aliphatic carbocycles. The van der Waals surface area contributed by atoms with Gasteiger partial charge < -0.3 is 15.1 Å². The van der Waals surface area contributed by atoms with Crippen molar-refractivity contribution in [1.29, 1.82) is 0 Å². The summed E-state index contributed by atoms with van der Waals surface area (Å²) < 4.78 is 37.9. The van der Waals surface area contributed by atoms with Gasteiger partial charge in [-0.3, -0.25) is 4.99 Å². The van der Waals surface area contributed by atoms with Crippen LogP contribution >= 0.6 is 46.9 Å². The number of hydrogen-bond acceptors (Lipinski definition) is 4. The van der Waals surface area contributed by atoms with Gasteiger partial charge in [0.2, 0.25) is 0 Å². The van der Waals surface area contributed by atoms with Gasteiger partial charge in [-0.1, -0.05) is 17.7 Å². The number of piperazine rings is 1. The second kappa shape index (κ2) is 10.7. The quantitative estimate of drug-likeness (QED) is 0.343. The number of nitrogens with zero attached hydrogens (tertiary/aromatic N) is 4. The van der Waals surface area contributed by atoms with Gasteiger partial charge in [0, 0.05) is 62.3 Å². The van der Waals surface area contributed by atoms with Gasteiger partial charge in [-0.15, -0.1) is 35.3 Å². The number of aromatic nitrogens is 1. The highest BCUT2D eigenvalue weighted by molar-refractivity contribution is 14.0. The first-order chi connectivity index (χ1) is 13.4. The summed E-state index contributed by atoms with van der Waals surface area (Å²) in [5.74, 6) is 0.748. The van der Waals surface area contributed by atoms with Crippen molar-refractivity contribution in [3.05, 3.63) is 45.4 Å². The second-order valence-corrected chi connectivity index (χ2v) is 7.68. The number of thiazole rings is 1. The van der Waals surface area contributed by atoms with Crippen LogP contribution in [0.25, 0.3) is 0 Å². The molecule has 0 spiro atoms. The zero-order valence-electron chi connectivity index (χ0n) is 15.7. The Morgan fingerprint density at radius 3 is 2.59 bits per heavy atom. The van der Waals surface area contributed by atoms with Crippen LogP contribution in [0.15, 0.2) is 34.6 Å². The molecule has 0 amide bonds. The van der Waals surface area contributed by atoms with Crippen LogP contribution in [0.4, 0.5) is 18.9 Å². The van der Waals surface area contributed by atoms with E-state index in [-0.39, 0.29) is 24.0 Å². The Balaban J connectivity index is 0.00000300. The first kappa shape index (κ1) is 24.0. The number of aliphatic imine (C=N–C) groups is 1. The average Bonchev–Trinajstić information content (AvgIpc) is 3.15. The van der Waals surface area contributed by atoms with E-state index in [0.717, 1.165) is 54.5 Å². The van der Waals surface area contributed by atoms with Crippen LogP contribution in [0.2, 0.25) is 5.02 Å². The molecule has 1 aliphatic heterocycles. The number of guanidine groups is 1. The molecule has 1 N–H and O–H groups in total. The largest absolute Gasteiger partial charge is 0.434 e. The van der Waals surface area contributed by atoms with Crippen LogP contribution in [0.1, 0.15) is 10.7 Å². The van der Waals surface area contributed by atoms with Crippen LogP contribution < -0.4 is 10.2 Å². The van der Waals surface area contributed by atoms with E-state index < -0.39 is 11.9 Å². The minimum absolute atomic E-state index is 0. The van der Waals surface area contributed by atoms with Gasteiger partial charge in [-0.2, -0.15) is 13.2 Å². The van der Waals surface area contributed by atoms with Gasteiger partial charge in [-0.25, -0.2) is 4.98 Å². The van der Waals surface area contributed by atoms with Gasteiger partial charge in [-0.05, 0) is 18.2 Å². The number of halogens is 5. The summed E-state index contributed by atoms with van der Waals surface area (Å²) in [6.45, 7) is 3.74. The molecular formula is C18H22ClF3IN5S. The number of nitrogens with one attached hydrogen (secondary N) is 1. The lowest BCUT2D eigenvalue weighted by atomic mass is 10.2. The molecular weight excluding hydrogens is 538 g/mol. The van der Waals surface area contributed by atoms with E-state index in [0.29, 0.717) is 23.0 Å². The van der Waals surface area contributed by atoms with Crippen LogP contribution in [0, 0.1) is 0 Å². The Labute approximate surface area is 194 Å². The topological polar surface area (TPSA) is 43.8 Å². The molecule has 2 heterocycles. The second-order valence-electron chi connectivity index (χ2n) is 6.30. The number of alkyl halides is 3. The fourth-order valence-corrected chi connectivity index (χ4v) is 4.01. The summed E-state index contributed by atoms with van der Waals surface area (Å²) in [4.78, 5) is 12.4. The van der Waals surface area contributed by atoms with Crippen molar-refractivity contribution in [2.45, 2.75) is 12.6 Å². The molecule has 11 heteroatoms. The van der Waals surface area contributed by atoms with Crippen molar-refractivity contribution in [2.24, 2.45) is 4.99 Å². The predicted octanol–water partition coefficient (Wildman–Crippen LogP) is 4.37. The summed E-state index contributed by atoms with van der Waals surface area (Å²) >= 11 is 7.10. The van der Waals surface area contributed by atoms with E-state index in [1.54, 1.807) is 7.05 Å². The van der Waals surface area contributed by atoms with Gasteiger partial charge in [0.05, 0.1) is 5.01 Å². The molecule has 2 aromatic rings. The molecule has 1 aromatic heterocycles. The van der Waals surface area contributed by atoms with E-state index >= 15 is 0 Å². The third-order valence-corrected chi connectivity index (χ3v) is 5.57. The maximum atomic E-state index is 12.6. The Kier molecular flexibility index (Phi) is 8.83. The maximum absolute atomic E-state index is 12.6. The Morgan fingerprint density at radius 1 is 1.28 bits per heavy atom. The number of anilines is 1. The average molecular weight is 560 g/mol. The Bertz CT molecular complexity index is 822. The number of hydrogen-bond donors (Lipinski definition) is 1. The molecule has 1 aliphatic rings. The Morgan fingerprint density at radius 2 is 2.00 bits per heavy atom. The molecule has 160 valence electrons. The van der Waals surface area contributed by atoms with E-state index in [4.69, 9.17) is 11.6 Å². The molecule has 0 radical (unpaired) electrons. The smallest absolute Gasteiger partial charge is 0.368 e. The lowest BCUT2D eigenvalue weighted by Gasteiger charge is -2.37. The highest BCUT2D eigenvalue weighted by atomic mass is 127. The summed E-state index contributed by atoms with van der Waals surface area (Å²) in [6.07, 6.45) is -3.97. The zero-order chi connectivity index (χ0) is 20.1. The molecule has 0 bridgehead atoms. The first-order valence-electron chi connectivity index (χ1n) is 8.84. The van der Waals surface area contributed by atoms with Crippen molar-refractivity contribution >= 4 is 58.6 Å². The third kappa shape index (κ3) is 6.61. The van der Waals surface area contributed by atoms with Crippen LogP contribution in [-0.2, 0) is 12.6 Å². The van der Waals surface area contributed by atoms with E-state index in [9.17, 15) is 13.2 Å². The van der Waals surface area contributed by atoms with Gasteiger partial charge in [0.25, 0.3) is 0 Å². The zero-order valence-corrected chi connectivity index (χ0v) is 19.6. The summed E-state index contributed by atoms with van der Waals surface area (Å²) in [5.41, 5.74) is 0.272. The predicted molar refractivity (Wildman–Crippen MR) is 123 cm³/mol. The van der Waals surface area contributed by atoms with E-state index in [2.05, 4.69) is 25.1 Å². The monoisotopic (exact) mass is 559 g/mol. The van der Waals surface area contributed by atoms with Crippen LogP contribution in [0.5, 0.6) is 0 Å². The summed E-state index contributed by atoms with van der Waals surface area (Å²) in [7, 11) is 1.71. The van der Waals surface area contributed by atoms with E-state index in [1.165, 1.54) is 0 Å². The lowest BCUT2D eigenvalue weighted by Crippen LogP contribution is -2.52. The highest BCUT2D eigenvalue weighted by Gasteiger charge is 2.33. The van der Waals surface area contributed by atoms with E-state index in [1.807, 2.05) is 24.3 Å². The SMILES string of the molecule is CN=C(NCCc1nc(C(F)(F)F)cs1)N1CCN(c2cccc(Cl)c2)CC1.I. The lowest BCUT2D eigenvalue weighted by molar-refractivity contribution is -0.140. The fraction of sp³-hybridized carbons (Fsp3) is 0.444. The molecule has 0 saturated carbocycles. The highest BCUT2D eigenvalue weighted by Crippen LogP contribution is 2.30. The summed E-state index contributed by atoms with van der Waals surface area (Å²) in [5, 5.41) is 5.45. The van der Waals surface area contributed by atoms with Crippen molar-refractivity contribution in [2.75, 3.05) is 44.7 Å². The van der Waals surface area contributed by atoms with Gasteiger partial charge in [0.1, 0.15) is 0 Å². The van der Waals surface area contributed by atoms with Gasteiger partial charge >= 0.3 is 6.18 Å². The number of rotatable bonds is 4. The molecule has 1 aromatic carbocycles. The van der Waals surface area contributed by atoms with Crippen molar-refractivity contribution in [3.63, 3.8) is 0 Å². The van der Waals surface area contributed by atoms with Crippen molar-refractivity contribution < 1.29 is 13.2 Å². The van der Waals surface area contributed by atoms with Crippen LogP contribution in [-0.4, -0.2) is 55.6 Å². The van der Waals surface area contributed by atoms with Crippen molar-refractivity contribution in [1.82, 2.24) is 15.2 Å². The molecule has 0 unspecified atom stereocenters. The molecule has 5 nitrogen and oxygen atoms in total. The first-order valence-corrected chi connectivity index (χ1v) is 10.1. The minimum atomic E-state index is -4.39. The molecule has 1 saturated heterocycles. The summed E-state index contributed by atoms with van der Waals surface area (Å²) in [6, 6.07) is 7.78. The third-order valence-electron chi connectivity index (χ3n) is 4.43. The Hall–Kier alpha value is -1.27. The van der Waals surface area contributed by atoms with Crippen LogP contribution in [0.3, 0.4) is 0 Å². The number of benzene rings is 1. The standard InChI is InChI=1S/C18H21ClF3N5S.HI/c1-23-17(24-6-5-16-25-15(12-28-16)18(20,21)22)27-9-7-26(8-10-27)14-4-2-3-13(19)11-14;/h2-4,11-12H,5-10H2,1H3,(H,23,24);1H. The van der Waals surface area contributed by atoms with Crippen molar-refractivity contribution in [3.8, 4) is 0 Å². The maximum Gasteiger partial charge on any atom is 0.434 e. The molecule has 0 atom stereocenters. The fourth-order valence-electron chi connectivity index (χ4n) is 3.02. The normalized spacial score (nSPS) is 15.3. The minimum Gasteiger partial charge on any atom is -0.368 e. The van der Waals surface area contributed by atoms with Gasteiger partial charge in [0.15, 0.2) is 11.7 Å². The molecule has 1 fully saturated rings.